The number of likely N-dealkylation sites (N-methyl/N-ethyl adjacent to an activating group) is 1. The van der Waals surface area contributed by atoms with Gasteiger partial charge in [-0.1, -0.05) is 61.5 Å². The molecule has 3 N–H and O–H groups in total. The van der Waals surface area contributed by atoms with E-state index in [9.17, 15) is 14.4 Å². The first-order chi connectivity index (χ1) is 15.0. The van der Waals surface area contributed by atoms with Crippen LogP contribution in [-0.4, -0.2) is 36.4 Å². The Morgan fingerprint density at radius 3 is 2.61 bits per heavy atom. The van der Waals surface area contributed by atoms with E-state index in [1.165, 1.54) is 11.1 Å². The molecular weight excluding hydrogens is 392 g/mol. The number of urea groups is 1. The topological polar surface area (TPSA) is 83.0 Å². The molecule has 2 aromatic rings. The number of amides is 4. The van der Waals surface area contributed by atoms with Crippen molar-refractivity contribution in [1.29, 1.82) is 0 Å². The maximum atomic E-state index is 13.2. The first kappa shape index (κ1) is 21.1. The number of hydrogen-bond acceptors (Lipinski definition) is 3. The standard InChI is InChI=1S/C24H28N4O3/c1-3-24(18-12-5-4-6-13-18)22(30)28(23(31)25-24)26-21(29)16-27(2)20-15-9-11-17-10-7-8-14-19(17)20/h4-8,10,12-14,20H,3,9,11,15-16H2,1-2H3,(H,25,31)(H,26,29)/p+1/t20-,24+/m1/s1. The molecule has 7 nitrogen and oxygen atoms in total. The van der Waals surface area contributed by atoms with Gasteiger partial charge >= 0.3 is 6.03 Å². The summed E-state index contributed by atoms with van der Waals surface area (Å²) in [5, 5.41) is 3.62. The fraction of sp³-hybridized carbons (Fsp3) is 0.375. The predicted octanol–water partition coefficient (Wildman–Crippen LogP) is 1.47. The summed E-state index contributed by atoms with van der Waals surface area (Å²) in [5.74, 6) is -0.816. The van der Waals surface area contributed by atoms with Crippen molar-refractivity contribution >= 4 is 17.8 Å². The number of hydrazine groups is 1. The molecule has 1 saturated heterocycles. The predicted molar refractivity (Wildman–Crippen MR) is 116 cm³/mol. The lowest BCUT2D eigenvalue weighted by Gasteiger charge is -2.30. The second-order valence-corrected chi connectivity index (χ2v) is 8.40. The smallest absolute Gasteiger partial charge is 0.323 e. The molecule has 2 aliphatic rings. The number of nitrogens with one attached hydrogen (secondary N) is 3. The fourth-order valence-electron chi connectivity index (χ4n) is 4.85. The number of aryl methyl sites for hydroxylation is 1. The summed E-state index contributed by atoms with van der Waals surface area (Å²) in [4.78, 5) is 39.6. The molecule has 7 heteroatoms. The van der Waals surface area contributed by atoms with E-state index in [0.717, 1.165) is 29.2 Å². The van der Waals surface area contributed by atoms with Gasteiger partial charge in [0.25, 0.3) is 11.8 Å². The molecule has 4 rings (SSSR count). The Morgan fingerprint density at radius 2 is 1.87 bits per heavy atom. The second kappa shape index (κ2) is 8.51. The highest BCUT2D eigenvalue weighted by molar-refractivity contribution is 6.08. The molecule has 0 spiro atoms. The Morgan fingerprint density at radius 1 is 1.16 bits per heavy atom. The van der Waals surface area contributed by atoms with Gasteiger partial charge in [0.15, 0.2) is 6.54 Å². The molecule has 2 aromatic carbocycles. The minimum atomic E-state index is -1.16. The minimum Gasteiger partial charge on any atom is -0.323 e. The average Bonchev–Trinajstić information content (AvgIpc) is 3.04. The zero-order chi connectivity index (χ0) is 22.0. The van der Waals surface area contributed by atoms with Crippen molar-refractivity contribution in [2.24, 2.45) is 0 Å². The first-order valence-corrected chi connectivity index (χ1v) is 10.9. The van der Waals surface area contributed by atoms with Gasteiger partial charge in [-0.05, 0) is 30.4 Å². The molecule has 1 unspecified atom stereocenters. The van der Waals surface area contributed by atoms with Crippen LogP contribution in [0, 0.1) is 0 Å². The molecule has 162 valence electrons. The largest absolute Gasteiger partial charge is 0.344 e. The van der Waals surface area contributed by atoms with Crippen molar-refractivity contribution in [3.8, 4) is 0 Å². The van der Waals surface area contributed by atoms with Gasteiger partial charge in [0, 0.05) is 12.0 Å². The van der Waals surface area contributed by atoms with Crippen LogP contribution in [0.15, 0.2) is 54.6 Å². The van der Waals surface area contributed by atoms with Gasteiger partial charge in [-0.2, -0.15) is 5.01 Å². The molecule has 0 radical (unpaired) electrons. The van der Waals surface area contributed by atoms with Crippen molar-refractivity contribution in [1.82, 2.24) is 15.8 Å². The Labute approximate surface area is 182 Å². The Balaban J connectivity index is 1.46. The zero-order valence-corrected chi connectivity index (χ0v) is 18.0. The number of quaternary nitrogens is 1. The maximum Gasteiger partial charge on any atom is 0.344 e. The molecule has 0 aromatic heterocycles. The van der Waals surface area contributed by atoms with Crippen LogP contribution in [-0.2, 0) is 21.5 Å². The van der Waals surface area contributed by atoms with Gasteiger partial charge in [0.2, 0.25) is 0 Å². The lowest BCUT2D eigenvalue weighted by atomic mass is 9.87. The lowest BCUT2D eigenvalue weighted by Crippen LogP contribution is -3.10. The van der Waals surface area contributed by atoms with Crippen LogP contribution < -0.4 is 15.6 Å². The van der Waals surface area contributed by atoms with Crippen LogP contribution in [0.1, 0.15) is 48.9 Å². The number of carbonyl (C=O) groups is 3. The third-order valence-corrected chi connectivity index (χ3v) is 6.53. The molecule has 1 heterocycles. The molecule has 0 bridgehead atoms. The van der Waals surface area contributed by atoms with Gasteiger partial charge < -0.3 is 10.2 Å². The van der Waals surface area contributed by atoms with Gasteiger partial charge in [0.05, 0.1) is 7.05 Å². The van der Waals surface area contributed by atoms with Crippen molar-refractivity contribution in [3.05, 3.63) is 71.3 Å². The van der Waals surface area contributed by atoms with Crippen LogP contribution in [0.25, 0.3) is 0 Å². The maximum absolute atomic E-state index is 13.2. The molecule has 1 aliphatic heterocycles. The number of fused-ring (bicyclic) bond motifs is 1. The van der Waals surface area contributed by atoms with Gasteiger partial charge in [-0.15, -0.1) is 0 Å². The normalized spacial score (nSPS) is 23.8. The summed E-state index contributed by atoms with van der Waals surface area (Å²) < 4.78 is 0. The highest BCUT2D eigenvalue weighted by Gasteiger charge is 2.52. The third kappa shape index (κ3) is 3.81. The summed E-state index contributed by atoms with van der Waals surface area (Å²) in [6.45, 7) is 2.01. The summed E-state index contributed by atoms with van der Waals surface area (Å²) >= 11 is 0. The first-order valence-electron chi connectivity index (χ1n) is 10.9. The van der Waals surface area contributed by atoms with Crippen molar-refractivity contribution in [3.63, 3.8) is 0 Å². The molecule has 3 atom stereocenters. The van der Waals surface area contributed by atoms with Crippen LogP contribution in [0.5, 0.6) is 0 Å². The van der Waals surface area contributed by atoms with E-state index in [-0.39, 0.29) is 18.5 Å². The van der Waals surface area contributed by atoms with E-state index in [1.54, 1.807) is 0 Å². The van der Waals surface area contributed by atoms with E-state index in [1.807, 2.05) is 56.4 Å². The Kier molecular flexibility index (Phi) is 5.78. The van der Waals surface area contributed by atoms with Gasteiger partial charge in [0.1, 0.15) is 11.6 Å². The van der Waals surface area contributed by atoms with Crippen molar-refractivity contribution in [2.75, 3.05) is 13.6 Å². The lowest BCUT2D eigenvalue weighted by molar-refractivity contribution is -0.905. The Bertz CT molecular complexity index is 993. The average molecular weight is 422 g/mol. The highest BCUT2D eigenvalue weighted by atomic mass is 16.2. The molecule has 4 amide bonds. The zero-order valence-electron chi connectivity index (χ0n) is 18.0. The summed E-state index contributed by atoms with van der Waals surface area (Å²) in [6.07, 6.45) is 3.54. The number of nitrogens with zero attached hydrogens (tertiary/aromatic N) is 1. The van der Waals surface area contributed by atoms with Gasteiger partial charge in [-0.3, -0.25) is 15.0 Å². The summed E-state index contributed by atoms with van der Waals surface area (Å²) in [5.41, 5.74) is 4.70. The molecule has 31 heavy (non-hydrogen) atoms. The summed E-state index contributed by atoms with van der Waals surface area (Å²) in [7, 11) is 1.98. The van der Waals surface area contributed by atoms with Crippen molar-refractivity contribution in [2.45, 2.75) is 44.2 Å². The van der Waals surface area contributed by atoms with E-state index in [0.29, 0.717) is 12.0 Å². The number of carbonyl (C=O) groups excluding carboxylic acids is 3. The molecule has 1 fully saturated rings. The van der Waals surface area contributed by atoms with Crippen LogP contribution >= 0.6 is 0 Å². The third-order valence-electron chi connectivity index (χ3n) is 6.53. The quantitative estimate of drug-likeness (QED) is 0.618. The number of rotatable bonds is 6. The second-order valence-electron chi connectivity index (χ2n) is 8.40. The molecule has 0 saturated carbocycles. The summed E-state index contributed by atoms with van der Waals surface area (Å²) in [6, 6.07) is 17.1. The van der Waals surface area contributed by atoms with E-state index in [2.05, 4.69) is 22.9 Å². The van der Waals surface area contributed by atoms with E-state index in [4.69, 9.17) is 0 Å². The highest BCUT2D eigenvalue weighted by Crippen LogP contribution is 2.31. The van der Waals surface area contributed by atoms with Crippen LogP contribution in [0.4, 0.5) is 4.79 Å². The number of imide groups is 1. The molecular formula is C24H29N4O3+. The van der Waals surface area contributed by atoms with Crippen LogP contribution in [0.3, 0.4) is 0 Å². The monoisotopic (exact) mass is 421 g/mol. The fourth-order valence-corrected chi connectivity index (χ4v) is 4.85. The number of benzene rings is 2. The molecule has 1 aliphatic carbocycles. The number of hydrogen-bond donors (Lipinski definition) is 3. The Hall–Kier alpha value is -3.19. The van der Waals surface area contributed by atoms with Crippen molar-refractivity contribution < 1.29 is 19.3 Å². The van der Waals surface area contributed by atoms with Crippen LogP contribution in [0.2, 0.25) is 0 Å². The van der Waals surface area contributed by atoms with Gasteiger partial charge in [-0.25, -0.2) is 4.79 Å². The van der Waals surface area contributed by atoms with E-state index < -0.39 is 17.5 Å². The minimum absolute atomic E-state index is 0.167. The SMILES string of the molecule is CC[C@@]1(c2ccccc2)NC(=O)N(NC(=O)C[NH+](C)[C@@H]2CCCc3ccccc32)C1=O. The van der Waals surface area contributed by atoms with E-state index >= 15 is 0 Å².